The molecular weight excluding hydrogens is 264 g/mol. The zero-order chi connectivity index (χ0) is 14.1. The van der Waals surface area contributed by atoms with E-state index in [2.05, 4.69) is 5.32 Å². The first kappa shape index (κ1) is 15.2. The van der Waals surface area contributed by atoms with Crippen molar-refractivity contribution in [1.29, 1.82) is 5.26 Å². The molecule has 1 atom stereocenters. The summed E-state index contributed by atoms with van der Waals surface area (Å²) in [4.78, 5) is 23.7. The molecule has 0 saturated heterocycles. The topological polar surface area (TPSA) is 79.2 Å². The highest BCUT2D eigenvalue weighted by molar-refractivity contribution is 7.10. The van der Waals surface area contributed by atoms with Crippen LogP contribution in [0.4, 0.5) is 0 Å². The van der Waals surface area contributed by atoms with Crippen LogP contribution in [0, 0.1) is 11.3 Å². The van der Waals surface area contributed by atoms with Crippen LogP contribution in [0.25, 0.3) is 0 Å². The van der Waals surface area contributed by atoms with Crippen molar-refractivity contribution in [2.75, 3.05) is 6.61 Å². The maximum atomic E-state index is 11.6. The molecule has 19 heavy (non-hydrogen) atoms. The maximum Gasteiger partial charge on any atom is 0.308 e. The first-order valence-corrected chi connectivity index (χ1v) is 6.84. The van der Waals surface area contributed by atoms with Gasteiger partial charge in [-0.3, -0.25) is 9.59 Å². The molecule has 1 unspecified atom stereocenters. The number of carbonyl (C=O) groups excluding carboxylic acids is 2. The summed E-state index contributed by atoms with van der Waals surface area (Å²) >= 11 is 1.48. The van der Waals surface area contributed by atoms with Gasteiger partial charge in [0, 0.05) is 18.2 Å². The molecule has 1 aromatic heterocycles. The van der Waals surface area contributed by atoms with Crippen LogP contribution in [0.15, 0.2) is 17.5 Å². The van der Waals surface area contributed by atoms with Crippen LogP contribution in [0.3, 0.4) is 0 Å². The second-order valence-corrected chi connectivity index (χ2v) is 4.93. The molecule has 0 aliphatic rings. The minimum Gasteiger partial charge on any atom is -0.466 e. The number of amides is 1. The van der Waals surface area contributed by atoms with E-state index in [4.69, 9.17) is 10.00 Å². The number of ether oxygens (including phenoxy) is 1. The minimum absolute atomic E-state index is 0.104. The fraction of sp³-hybridized carbons (Fsp3) is 0.462. The lowest BCUT2D eigenvalue weighted by atomic mass is 10.1. The van der Waals surface area contributed by atoms with Gasteiger partial charge in [0.2, 0.25) is 5.91 Å². The minimum atomic E-state index is -0.370. The monoisotopic (exact) mass is 280 g/mol. The predicted octanol–water partition coefficient (Wildman–Crippen LogP) is 2.16. The molecule has 1 N–H and O–H groups in total. The Bertz CT molecular complexity index is 451. The molecule has 102 valence electrons. The molecule has 5 nitrogen and oxygen atoms in total. The summed E-state index contributed by atoms with van der Waals surface area (Å²) in [5.74, 6) is -0.555. The molecule has 0 radical (unpaired) electrons. The Hall–Kier alpha value is -1.87. The SMILES string of the molecule is CC(=O)NC(CC(=O)OCCCC#N)c1cccs1. The number of nitrogens with zero attached hydrogens (tertiary/aromatic N) is 1. The van der Waals surface area contributed by atoms with E-state index >= 15 is 0 Å². The van der Waals surface area contributed by atoms with Gasteiger partial charge < -0.3 is 10.1 Å². The number of hydrogen-bond acceptors (Lipinski definition) is 5. The zero-order valence-electron chi connectivity index (χ0n) is 10.7. The molecule has 0 saturated carbocycles. The summed E-state index contributed by atoms with van der Waals surface area (Å²) in [6.45, 7) is 1.66. The van der Waals surface area contributed by atoms with Crippen LogP contribution < -0.4 is 5.32 Å². The first-order valence-electron chi connectivity index (χ1n) is 5.96. The molecule has 6 heteroatoms. The molecule has 0 fully saturated rings. The second-order valence-electron chi connectivity index (χ2n) is 3.95. The number of nitriles is 1. The van der Waals surface area contributed by atoms with Crippen LogP contribution in [-0.4, -0.2) is 18.5 Å². The van der Waals surface area contributed by atoms with E-state index in [-0.39, 0.29) is 30.9 Å². The number of thiophene rings is 1. The van der Waals surface area contributed by atoms with Gasteiger partial charge in [-0.2, -0.15) is 5.26 Å². The number of unbranched alkanes of at least 4 members (excludes halogenated alkanes) is 1. The molecule has 0 aromatic carbocycles. The van der Waals surface area contributed by atoms with Crippen LogP contribution in [0.2, 0.25) is 0 Å². The standard InChI is InChI=1S/C13H16N2O3S/c1-10(16)15-11(12-5-4-8-19-12)9-13(17)18-7-3-2-6-14/h4-5,8,11H,2-3,7,9H2,1H3,(H,15,16). The van der Waals surface area contributed by atoms with Crippen molar-refractivity contribution in [1.82, 2.24) is 5.32 Å². The Morgan fingerprint density at radius 3 is 2.95 bits per heavy atom. The summed E-state index contributed by atoms with van der Waals surface area (Å²) < 4.78 is 5.02. The van der Waals surface area contributed by atoms with Gasteiger partial charge in [-0.15, -0.1) is 11.3 Å². The van der Waals surface area contributed by atoms with Crippen molar-refractivity contribution in [3.8, 4) is 6.07 Å². The van der Waals surface area contributed by atoms with Gasteiger partial charge in [-0.25, -0.2) is 0 Å². The zero-order valence-corrected chi connectivity index (χ0v) is 11.5. The van der Waals surface area contributed by atoms with Crippen molar-refractivity contribution < 1.29 is 14.3 Å². The highest BCUT2D eigenvalue weighted by Crippen LogP contribution is 2.22. The highest BCUT2D eigenvalue weighted by Gasteiger charge is 2.18. The quantitative estimate of drug-likeness (QED) is 0.613. The van der Waals surface area contributed by atoms with E-state index in [0.717, 1.165) is 4.88 Å². The Kier molecular flexibility index (Phi) is 6.61. The maximum absolute atomic E-state index is 11.6. The molecule has 0 spiro atoms. The average Bonchev–Trinajstić information content (AvgIpc) is 2.87. The summed E-state index contributed by atoms with van der Waals surface area (Å²) in [5, 5.41) is 13.0. The van der Waals surface area contributed by atoms with Gasteiger partial charge in [-0.1, -0.05) is 6.07 Å². The molecule has 0 aliphatic carbocycles. The number of hydrogen-bond donors (Lipinski definition) is 1. The number of esters is 1. The van der Waals surface area contributed by atoms with E-state index in [0.29, 0.717) is 12.8 Å². The van der Waals surface area contributed by atoms with Gasteiger partial charge in [0.15, 0.2) is 0 Å². The van der Waals surface area contributed by atoms with Crippen LogP contribution in [0.1, 0.15) is 37.1 Å². The van der Waals surface area contributed by atoms with Gasteiger partial charge in [0.1, 0.15) is 0 Å². The third kappa shape index (κ3) is 6.02. The van der Waals surface area contributed by atoms with E-state index in [1.165, 1.54) is 18.3 Å². The van der Waals surface area contributed by atoms with Crippen molar-refractivity contribution in [3.05, 3.63) is 22.4 Å². The molecule has 1 rings (SSSR count). The fourth-order valence-electron chi connectivity index (χ4n) is 1.52. The Morgan fingerprint density at radius 2 is 2.37 bits per heavy atom. The largest absolute Gasteiger partial charge is 0.466 e. The van der Waals surface area contributed by atoms with Crippen LogP contribution >= 0.6 is 11.3 Å². The van der Waals surface area contributed by atoms with Gasteiger partial charge >= 0.3 is 5.97 Å². The van der Waals surface area contributed by atoms with Crippen molar-refractivity contribution in [2.24, 2.45) is 0 Å². The molecule has 0 aliphatic heterocycles. The van der Waals surface area contributed by atoms with Crippen LogP contribution in [-0.2, 0) is 14.3 Å². The molecule has 1 aromatic rings. The van der Waals surface area contributed by atoms with Crippen molar-refractivity contribution in [2.45, 2.75) is 32.2 Å². The third-order valence-corrected chi connectivity index (χ3v) is 3.32. The first-order chi connectivity index (χ1) is 9.13. The van der Waals surface area contributed by atoms with E-state index < -0.39 is 0 Å². The van der Waals surface area contributed by atoms with E-state index in [1.54, 1.807) is 0 Å². The van der Waals surface area contributed by atoms with Crippen molar-refractivity contribution >= 4 is 23.2 Å². The summed E-state index contributed by atoms with van der Waals surface area (Å²) in [6, 6.07) is 5.38. The second kappa shape index (κ2) is 8.27. The summed E-state index contributed by atoms with van der Waals surface area (Å²) in [6.07, 6.45) is 1.01. The lowest BCUT2D eigenvalue weighted by molar-refractivity contribution is -0.144. The number of carbonyl (C=O) groups is 2. The Balaban J connectivity index is 2.46. The summed E-state index contributed by atoms with van der Waals surface area (Å²) in [7, 11) is 0. The molecule has 1 heterocycles. The van der Waals surface area contributed by atoms with E-state index in [9.17, 15) is 9.59 Å². The van der Waals surface area contributed by atoms with E-state index in [1.807, 2.05) is 23.6 Å². The van der Waals surface area contributed by atoms with Crippen molar-refractivity contribution in [3.63, 3.8) is 0 Å². The predicted molar refractivity (Wildman–Crippen MR) is 71.3 cm³/mol. The Morgan fingerprint density at radius 1 is 1.58 bits per heavy atom. The molecule has 1 amide bonds. The lowest BCUT2D eigenvalue weighted by Gasteiger charge is -2.15. The van der Waals surface area contributed by atoms with Crippen LogP contribution in [0.5, 0.6) is 0 Å². The fourth-order valence-corrected chi connectivity index (χ4v) is 2.30. The smallest absolute Gasteiger partial charge is 0.308 e. The Labute approximate surface area is 116 Å². The number of nitrogens with one attached hydrogen (secondary N) is 1. The number of rotatable bonds is 7. The van der Waals surface area contributed by atoms with Gasteiger partial charge in [-0.05, 0) is 17.9 Å². The molecule has 0 bridgehead atoms. The summed E-state index contributed by atoms with van der Waals surface area (Å²) in [5.41, 5.74) is 0. The molecular formula is C13H16N2O3S. The van der Waals surface area contributed by atoms with Gasteiger partial charge in [0.25, 0.3) is 0 Å². The average molecular weight is 280 g/mol. The lowest BCUT2D eigenvalue weighted by Crippen LogP contribution is -2.28. The normalized spacial score (nSPS) is 11.4. The third-order valence-electron chi connectivity index (χ3n) is 2.33. The van der Waals surface area contributed by atoms with Gasteiger partial charge in [0.05, 0.1) is 25.1 Å². The highest BCUT2D eigenvalue weighted by atomic mass is 32.1.